The Balaban J connectivity index is 2.01. The first-order valence-corrected chi connectivity index (χ1v) is 8.99. The lowest BCUT2D eigenvalue weighted by atomic mass is 9.84. The topological polar surface area (TPSA) is 90.0 Å². The van der Waals surface area contributed by atoms with E-state index in [4.69, 9.17) is 5.73 Å². The highest BCUT2D eigenvalue weighted by Gasteiger charge is 2.37. The number of nitrogens with one attached hydrogen (secondary N) is 1. The molecule has 6 nitrogen and oxygen atoms in total. The van der Waals surface area contributed by atoms with E-state index in [-0.39, 0.29) is 9.64 Å². The van der Waals surface area contributed by atoms with Crippen LogP contribution in [0.1, 0.15) is 19.3 Å². The Kier molecular flexibility index (Phi) is 4.54. The second-order valence-electron chi connectivity index (χ2n) is 4.79. The van der Waals surface area contributed by atoms with Crippen LogP contribution in [0.15, 0.2) is 17.3 Å². The zero-order valence-corrected chi connectivity index (χ0v) is 12.6. The third-order valence-electron chi connectivity index (χ3n) is 3.56. The minimum atomic E-state index is -3.46. The summed E-state index contributed by atoms with van der Waals surface area (Å²) in [6.07, 6.45) is 8.24. The van der Waals surface area contributed by atoms with Crippen molar-refractivity contribution in [2.75, 3.05) is 19.3 Å². The highest BCUT2D eigenvalue weighted by molar-refractivity contribution is 8.00. The molecule has 1 aliphatic carbocycles. The van der Waals surface area contributed by atoms with Gasteiger partial charge in [0.25, 0.3) is 0 Å². The van der Waals surface area contributed by atoms with Gasteiger partial charge in [-0.15, -0.1) is 0 Å². The molecule has 19 heavy (non-hydrogen) atoms. The normalized spacial score (nSPS) is 18.2. The van der Waals surface area contributed by atoms with Gasteiger partial charge in [-0.05, 0) is 19.1 Å². The van der Waals surface area contributed by atoms with Crippen LogP contribution in [-0.4, -0.2) is 42.3 Å². The number of thioether (sulfide) groups is 1. The van der Waals surface area contributed by atoms with Gasteiger partial charge in [0.05, 0.1) is 12.7 Å². The van der Waals surface area contributed by atoms with E-state index in [0.717, 1.165) is 12.8 Å². The number of aromatic nitrogens is 2. The molecule has 8 heteroatoms. The number of nitrogens with two attached hydrogens (primary N) is 1. The van der Waals surface area contributed by atoms with Crippen LogP contribution < -0.4 is 10.5 Å². The van der Waals surface area contributed by atoms with Gasteiger partial charge in [0.15, 0.2) is 0 Å². The molecular weight excluding hydrogens is 284 g/mol. The van der Waals surface area contributed by atoms with E-state index >= 15 is 0 Å². The zero-order chi connectivity index (χ0) is 13.9. The number of hydrogen-bond acceptors (Lipinski definition) is 5. The van der Waals surface area contributed by atoms with Crippen LogP contribution >= 0.6 is 11.8 Å². The fourth-order valence-electron chi connectivity index (χ4n) is 2.07. The van der Waals surface area contributed by atoms with Gasteiger partial charge in [-0.1, -0.05) is 6.42 Å². The maximum atomic E-state index is 12.1. The molecule has 0 atom stereocenters. The standard InChI is InChI=1S/C11H20N4O2S2/c1-18-11(3-2-4-11)9-14-19(16,17)10-7-13-15(8-10)6-5-12/h7-8,14H,2-6,9,12H2,1H3. The van der Waals surface area contributed by atoms with Crippen LogP contribution in [-0.2, 0) is 16.6 Å². The van der Waals surface area contributed by atoms with Crippen LogP contribution in [0.3, 0.4) is 0 Å². The molecule has 2 rings (SSSR count). The van der Waals surface area contributed by atoms with Crippen molar-refractivity contribution in [3.05, 3.63) is 12.4 Å². The fourth-order valence-corrected chi connectivity index (χ4v) is 4.16. The summed E-state index contributed by atoms with van der Waals surface area (Å²) in [5.41, 5.74) is 5.41. The molecule has 0 bridgehead atoms. The summed E-state index contributed by atoms with van der Waals surface area (Å²) >= 11 is 1.74. The second-order valence-corrected chi connectivity index (χ2v) is 7.83. The smallest absolute Gasteiger partial charge is 0.243 e. The molecule has 1 aliphatic rings. The Hall–Kier alpha value is -0.570. The largest absolute Gasteiger partial charge is 0.329 e. The fraction of sp³-hybridized carbons (Fsp3) is 0.727. The first-order valence-electron chi connectivity index (χ1n) is 6.29. The van der Waals surface area contributed by atoms with Crippen molar-refractivity contribution in [1.82, 2.24) is 14.5 Å². The molecular formula is C11H20N4O2S2. The summed E-state index contributed by atoms with van der Waals surface area (Å²) in [4.78, 5) is 0.205. The molecule has 1 heterocycles. The van der Waals surface area contributed by atoms with Crippen LogP contribution in [0, 0.1) is 0 Å². The molecule has 0 radical (unpaired) electrons. The van der Waals surface area contributed by atoms with Crippen molar-refractivity contribution in [3.63, 3.8) is 0 Å². The Morgan fingerprint density at radius 2 is 2.32 bits per heavy atom. The molecule has 0 saturated heterocycles. The van der Waals surface area contributed by atoms with E-state index in [0.29, 0.717) is 19.6 Å². The van der Waals surface area contributed by atoms with Gasteiger partial charge in [-0.25, -0.2) is 13.1 Å². The summed E-state index contributed by atoms with van der Waals surface area (Å²) in [5, 5.41) is 3.98. The molecule has 3 N–H and O–H groups in total. The number of rotatable bonds is 7. The first kappa shape index (κ1) is 14.8. The predicted octanol–water partition coefficient (Wildman–Crippen LogP) is 0.406. The van der Waals surface area contributed by atoms with Crippen LogP contribution in [0.25, 0.3) is 0 Å². The van der Waals surface area contributed by atoms with Gasteiger partial charge in [0, 0.05) is 24.0 Å². The summed E-state index contributed by atoms with van der Waals surface area (Å²) in [6, 6.07) is 0. The van der Waals surface area contributed by atoms with Gasteiger partial charge in [-0.3, -0.25) is 4.68 Å². The predicted molar refractivity (Wildman–Crippen MR) is 76.6 cm³/mol. The van der Waals surface area contributed by atoms with Crippen molar-refractivity contribution in [1.29, 1.82) is 0 Å². The third kappa shape index (κ3) is 3.31. The molecule has 1 aromatic rings. The number of sulfonamides is 1. The SMILES string of the molecule is CSC1(CNS(=O)(=O)c2cnn(CCN)c2)CCC1. The Bertz CT molecular complexity index is 517. The molecule has 0 aliphatic heterocycles. The lowest BCUT2D eigenvalue weighted by molar-refractivity contribution is 0.362. The van der Waals surface area contributed by atoms with Gasteiger partial charge < -0.3 is 5.73 Å². The molecule has 0 amide bonds. The minimum absolute atomic E-state index is 0.0837. The summed E-state index contributed by atoms with van der Waals surface area (Å²) in [5.74, 6) is 0. The first-order chi connectivity index (χ1) is 9.01. The molecule has 0 spiro atoms. The Morgan fingerprint density at radius 1 is 1.58 bits per heavy atom. The van der Waals surface area contributed by atoms with Gasteiger partial charge in [0.1, 0.15) is 4.90 Å². The third-order valence-corrected chi connectivity index (χ3v) is 6.33. The van der Waals surface area contributed by atoms with E-state index in [2.05, 4.69) is 9.82 Å². The van der Waals surface area contributed by atoms with Gasteiger partial charge >= 0.3 is 0 Å². The highest BCUT2D eigenvalue weighted by atomic mass is 32.2. The van der Waals surface area contributed by atoms with Crippen LogP contribution in [0.5, 0.6) is 0 Å². The molecule has 108 valence electrons. The van der Waals surface area contributed by atoms with Gasteiger partial charge in [0.2, 0.25) is 10.0 Å². The summed E-state index contributed by atoms with van der Waals surface area (Å²) in [6.45, 7) is 1.44. The highest BCUT2D eigenvalue weighted by Crippen LogP contribution is 2.42. The van der Waals surface area contributed by atoms with Crippen molar-refractivity contribution in [2.24, 2.45) is 5.73 Å². The quantitative estimate of drug-likeness (QED) is 0.761. The maximum absolute atomic E-state index is 12.1. The van der Waals surface area contributed by atoms with E-state index in [1.807, 2.05) is 6.26 Å². The molecule has 1 saturated carbocycles. The summed E-state index contributed by atoms with van der Waals surface area (Å²) in [7, 11) is -3.46. The van der Waals surface area contributed by atoms with Gasteiger partial charge in [-0.2, -0.15) is 16.9 Å². The van der Waals surface area contributed by atoms with Crippen molar-refractivity contribution in [3.8, 4) is 0 Å². The zero-order valence-electron chi connectivity index (χ0n) is 11.0. The molecule has 0 unspecified atom stereocenters. The van der Waals surface area contributed by atoms with Crippen molar-refractivity contribution < 1.29 is 8.42 Å². The average Bonchev–Trinajstić information content (AvgIpc) is 2.78. The van der Waals surface area contributed by atoms with Crippen LogP contribution in [0.4, 0.5) is 0 Å². The summed E-state index contributed by atoms with van der Waals surface area (Å²) < 4.78 is 28.6. The number of hydrogen-bond donors (Lipinski definition) is 2. The van der Waals surface area contributed by atoms with Crippen molar-refractivity contribution in [2.45, 2.75) is 35.4 Å². The second kappa shape index (κ2) is 5.82. The monoisotopic (exact) mass is 304 g/mol. The lowest BCUT2D eigenvalue weighted by Gasteiger charge is -2.40. The minimum Gasteiger partial charge on any atom is -0.329 e. The Labute approximate surface area is 118 Å². The van der Waals surface area contributed by atoms with Crippen molar-refractivity contribution >= 4 is 21.8 Å². The number of nitrogens with zero attached hydrogens (tertiary/aromatic N) is 2. The van der Waals surface area contributed by atoms with Crippen LogP contribution in [0.2, 0.25) is 0 Å². The van der Waals surface area contributed by atoms with E-state index < -0.39 is 10.0 Å². The Morgan fingerprint density at radius 3 is 2.84 bits per heavy atom. The van der Waals surface area contributed by atoms with E-state index in [1.54, 1.807) is 16.4 Å². The molecule has 1 fully saturated rings. The molecule has 1 aromatic heterocycles. The van der Waals surface area contributed by atoms with E-state index in [1.165, 1.54) is 18.8 Å². The molecule has 0 aromatic carbocycles. The lowest BCUT2D eigenvalue weighted by Crippen LogP contribution is -2.45. The average molecular weight is 304 g/mol. The van der Waals surface area contributed by atoms with E-state index in [9.17, 15) is 8.42 Å². The maximum Gasteiger partial charge on any atom is 0.243 e.